The van der Waals surface area contributed by atoms with E-state index >= 15 is 0 Å². The molecule has 1 fully saturated rings. The Morgan fingerprint density at radius 1 is 1.25 bits per heavy atom. The van der Waals surface area contributed by atoms with Crippen LogP contribution >= 0.6 is 11.6 Å². The van der Waals surface area contributed by atoms with Gasteiger partial charge < -0.3 is 9.73 Å². The van der Waals surface area contributed by atoms with Crippen LogP contribution in [0.15, 0.2) is 47.1 Å². The zero-order valence-corrected chi connectivity index (χ0v) is 14.5. The molecule has 1 aromatic carbocycles. The summed E-state index contributed by atoms with van der Waals surface area (Å²) in [6.45, 7) is 6.35. The van der Waals surface area contributed by atoms with E-state index in [-0.39, 0.29) is 11.9 Å². The van der Waals surface area contributed by atoms with Gasteiger partial charge in [-0.2, -0.15) is 0 Å². The number of amides is 1. The molecular formula is C18H22ClN3O2. The maximum Gasteiger partial charge on any atom is 0.241 e. The number of nitrogens with zero attached hydrogens (tertiary/aromatic N) is 2. The maximum atomic E-state index is 12.4. The van der Waals surface area contributed by atoms with E-state index in [1.807, 2.05) is 31.2 Å². The summed E-state index contributed by atoms with van der Waals surface area (Å²) >= 11 is 5.96. The molecule has 0 saturated carbocycles. The van der Waals surface area contributed by atoms with E-state index in [1.54, 1.807) is 18.4 Å². The zero-order chi connectivity index (χ0) is 16.9. The third-order valence-electron chi connectivity index (χ3n) is 4.39. The molecular weight excluding hydrogens is 326 g/mol. The molecule has 1 N–H and O–H groups in total. The minimum atomic E-state index is -0.172. The SMILES string of the molecule is C[C@@H](C(=O)Nc1cccc(Cl)c1)N1CCN(Cc2ccco2)CC1. The van der Waals surface area contributed by atoms with E-state index in [9.17, 15) is 4.79 Å². The Bertz CT molecular complexity index is 667. The molecule has 24 heavy (non-hydrogen) atoms. The van der Waals surface area contributed by atoms with Crippen molar-refractivity contribution in [2.75, 3.05) is 31.5 Å². The second-order valence-corrected chi connectivity index (χ2v) is 6.50. The van der Waals surface area contributed by atoms with Crippen LogP contribution in [0.5, 0.6) is 0 Å². The molecule has 5 nitrogen and oxygen atoms in total. The monoisotopic (exact) mass is 347 g/mol. The van der Waals surface area contributed by atoms with Crippen molar-refractivity contribution >= 4 is 23.2 Å². The van der Waals surface area contributed by atoms with Gasteiger partial charge in [0, 0.05) is 36.9 Å². The summed E-state index contributed by atoms with van der Waals surface area (Å²) in [6, 6.07) is 11.0. The van der Waals surface area contributed by atoms with Crippen molar-refractivity contribution in [2.24, 2.45) is 0 Å². The number of hydrogen-bond donors (Lipinski definition) is 1. The Morgan fingerprint density at radius 2 is 2.04 bits per heavy atom. The molecule has 1 aromatic heterocycles. The Morgan fingerprint density at radius 3 is 2.71 bits per heavy atom. The number of furan rings is 1. The summed E-state index contributed by atoms with van der Waals surface area (Å²) in [6.07, 6.45) is 1.70. The van der Waals surface area contributed by atoms with Crippen LogP contribution in [0, 0.1) is 0 Å². The van der Waals surface area contributed by atoms with Gasteiger partial charge in [-0.25, -0.2) is 0 Å². The van der Waals surface area contributed by atoms with Crippen molar-refractivity contribution in [3.05, 3.63) is 53.4 Å². The molecule has 1 aliphatic heterocycles. The Hall–Kier alpha value is -1.82. The summed E-state index contributed by atoms with van der Waals surface area (Å²) < 4.78 is 5.39. The predicted octanol–water partition coefficient (Wildman–Crippen LogP) is 3.08. The Labute approximate surface area is 147 Å². The number of piperazine rings is 1. The first-order valence-corrected chi connectivity index (χ1v) is 8.55. The molecule has 0 bridgehead atoms. The maximum absolute atomic E-state index is 12.4. The summed E-state index contributed by atoms with van der Waals surface area (Å²) in [4.78, 5) is 17.0. The van der Waals surface area contributed by atoms with Gasteiger partial charge in [-0.15, -0.1) is 0 Å². The predicted molar refractivity (Wildman–Crippen MR) is 95.1 cm³/mol. The van der Waals surface area contributed by atoms with Crippen LogP contribution < -0.4 is 5.32 Å². The second-order valence-electron chi connectivity index (χ2n) is 6.07. The van der Waals surface area contributed by atoms with Crippen molar-refractivity contribution in [1.29, 1.82) is 0 Å². The first-order chi connectivity index (χ1) is 11.6. The standard InChI is InChI=1S/C18H22ClN3O2/c1-14(18(23)20-16-5-2-4-15(19)12-16)22-9-7-21(8-10-22)13-17-6-3-11-24-17/h2-6,11-12,14H,7-10,13H2,1H3,(H,20,23)/t14-/m0/s1. The normalized spacial score (nSPS) is 17.6. The third kappa shape index (κ3) is 4.38. The molecule has 1 aliphatic rings. The number of anilines is 1. The highest BCUT2D eigenvalue weighted by molar-refractivity contribution is 6.30. The van der Waals surface area contributed by atoms with Crippen LogP contribution in [0.2, 0.25) is 5.02 Å². The van der Waals surface area contributed by atoms with Crippen molar-refractivity contribution < 1.29 is 9.21 Å². The first kappa shape index (κ1) is 17.0. The van der Waals surface area contributed by atoms with E-state index in [4.69, 9.17) is 16.0 Å². The molecule has 3 rings (SSSR count). The number of carbonyl (C=O) groups excluding carboxylic acids is 1. The lowest BCUT2D eigenvalue weighted by Crippen LogP contribution is -2.52. The molecule has 128 valence electrons. The highest BCUT2D eigenvalue weighted by Gasteiger charge is 2.25. The van der Waals surface area contributed by atoms with Gasteiger partial charge in [-0.05, 0) is 37.3 Å². The van der Waals surface area contributed by atoms with Gasteiger partial charge in [0.2, 0.25) is 5.91 Å². The molecule has 0 radical (unpaired) electrons. The highest BCUT2D eigenvalue weighted by atomic mass is 35.5. The molecule has 2 heterocycles. The van der Waals surface area contributed by atoms with E-state index in [0.717, 1.165) is 44.2 Å². The number of rotatable bonds is 5. The average Bonchev–Trinajstić information content (AvgIpc) is 3.08. The fourth-order valence-electron chi connectivity index (χ4n) is 2.91. The zero-order valence-electron chi connectivity index (χ0n) is 13.7. The molecule has 1 amide bonds. The quantitative estimate of drug-likeness (QED) is 0.903. The summed E-state index contributed by atoms with van der Waals surface area (Å²) in [5.41, 5.74) is 0.732. The largest absolute Gasteiger partial charge is 0.468 e. The van der Waals surface area contributed by atoms with Gasteiger partial charge in [-0.3, -0.25) is 14.6 Å². The molecule has 0 spiro atoms. The van der Waals surface area contributed by atoms with Gasteiger partial charge in [0.05, 0.1) is 18.8 Å². The van der Waals surface area contributed by atoms with Gasteiger partial charge in [0.1, 0.15) is 5.76 Å². The first-order valence-electron chi connectivity index (χ1n) is 8.17. The van der Waals surface area contributed by atoms with E-state index in [1.165, 1.54) is 0 Å². The fraction of sp³-hybridized carbons (Fsp3) is 0.389. The van der Waals surface area contributed by atoms with Crippen LogP contribution in [0.3, 0.4) is 0 Å². The Kier molecular flexibility index (Phi) is 5.56. The minimum Gasteiger partial charge on any atom is -0.468 e. The fourth-order valence-corrected chi connectivity index (χ4v) is 3.10. The van der Waals surface area contributed by atoms with Crippen molar-refractivity contribution in [2.45, 2.75) is 19.5 Å². The van der Waals surface area contributed by atoms with Gasteiger partial charge in [0.25, 0.3) is 0 Å². The molecule has 0 aliphatic carbocycles. The van der Waals surface area contributed by atoms with Crippen molar-refractivity contribution in [3.8, 4) is 0 Å². The Balaban J connectivity index is 1.49. The second kappa shape index (κ2) is 7.83. The van der Waals surface area contributed by atoms with Crippen LogP contribution in [0.1, 0.15) is 12.7 Å². The molecule has 1 atom stereocenters. The number of halogens is 1. The number of hydrogen-bond acceptors (Lipinski definition) is 4. The summed E-state index contributed by atoms with van der Waals surface area (Å²) in [5, 5.41) is 3.55. The minimum absolute atomic E-state index is 0.00301. The number of nitrogens with one attached hydrogen (secondary N) is 1. The van der Waals surface area contributed by atoms with E-state index in [0.29, 0.717) is 5.02 Å². The van der Waals surface area contributed by atoms with Crippen LogP contribution in [-0.4, -0.2) is 47.9 Å². The van der Waals surface area contributed by atoms with Crippen LogP contribution in [0.25, 0.3) is 0 Å². The molecule has 0 unspecified atom stereocenters. The smallest absolute Gasteiger partial charge is 0.241 e. The molecule has 1 saturated heterocycles. The lowest BCUT2D eigenvalue weighted by atomic mass is 10.2. The van der Waals surface area contributed by atoms with E-state index in [2.05, 4.69) is 15.1 Å². The number of benzene rings is 1. The summed E-state index contributed by atoms with van der Waals surface area (Å²) in [5.74, 6) is 0.979. The highest BCUT2D eigenvalue weighted by Crippen LogP contribution is 2.16. The molecule has 6 heteroatoms. The lowest BCUT2D eigenvalue weighted by molar-refractivity contribution is -0.121. The van der Waals surface area contributed by atoms with Gasteiger partial charge in [-0.1, -0.05) is 17.7 Å². The van der Waals surface area contributed by atoms with Crippen LogP contribution in [-0.2, 0) is 11.3 Å². The average molecular weight is 348 g/mol. The van der Waals surface area contributed by atoms with Crippen molar-refractivity contribution in [3.63, 3.8) is 0 Å². The topological polar surface area (TPSA) is 48.7 Å². The van der Waals surface area contributed by atoms with Crippen LogP contribution in [0.4, 0.5) is 5.69 Å². The third-order valence-corrected chi connectivity index (χ3v) is 4.62. The van der Waals surface area contributed by atoms with E-state index < -0.39 is 0 Å². The molecule has 2 aromatic rings. The van der Waals surface area contributed by atoms with Gasteiger partial charge >= 0.3 is 0 Å². The number of carbonyl (C=O) groups is 1. The van der Waals surface area contributed by atoms with Gasteiger partial charge in [0.15, 0.2) is 0 Å². The van der Waals surface area contributed by atoms with Crippen molar-refractivity contribution in [1.82, 2.24) is 9.80 Å². The summed E-state index contributed by atoms with van der Waals surface area (Å²) in [7, 11) is 0. The lowest BCUT2D eigenvalue weighted by Gasteiger charge is -2.37.